The van der Waals surface area contributed by atoms with E-state index in [-0.39, 0.29) is 57.7 Å². The van der Waals surface area contributed by atoms with E-state index in [0.717, 1.165) is 0 Å². The van der Waals surface area contributed by atoms with E-state index in [9.17, 15) is 70.6 Å². The van der Waals surface area contributed by atoms with Gasteiger partial charge in [-0.1, -0.05) is 98.9 Å². The molecule has 0 spiro atoms. The van der Waals surface area contributed by atoms with Crippen LogP contribution in [-0.2, 0) is 33.3 Å². The second kappa shape index (κ2) is 33.2. The lowest BCUT2D eigenvalue weighted by molar-refractivity contribution is -0.307. The normalized spacial score (nSPS) is 41.3. The van der Waals surface area contributed by atoms with Crippen molar-refractivity contribution in [3.05, 3.63) is 85.1 Å². The smallest absolute Gasteiger partial charge is 0.308 e. The van der Waals surface area contributed by atoms with Crippen molar-refractivity contribution in [3.8, 4) is 0 Å². The van der Waals surface area contributed by atoms with Crippen LogP contribution in [0.3, 0.4) is 0 Å². The molecule has 21 nitrogen and oxygen atoms in total. The number of rotatable bonds is 9. The molecule has 3 aliphatic rings. The summed E-state index contributed by atoms with van der Waals surface area (Å²) in [4.78, 5) is 39.0. The van der Waals surface area contributed by atoms with E-state index in [1.807, 2.05) is 25.2 Å². The average Bonchev–Trinajstić information content (AvgIpc) is 3.32. The second-order valence-corrected chi connectivity index (χ2v) is 19.6. The lowest BCUT2D eigenvalue weighted by atomic mass is 9.82. The maximum Gasteiger partial charge on any atom is 0.308 e. The van der Waals surface area contributed by atoms with Crippen LogP contribution in [0.15, 0.2) is 85.1 Å². The average molecular weight is 1050 g/mol. The van der Waals surface area contributed by atoms with Gasteiger partial charge in [-0.3, -0.25) is 14.4 Å². The van der Waals surface area contributed by atoms with E-state index in [1.54, 1.807) is 87.7 Å². The van der Waals surface area contributed by atoms with Crippen LogP contribution in [0.25, 0.3) is 0 Å². The maximum atomic E-state index is 13.7. The molecule has 2 bridgehead atoms. The van der Waals surface area contributed by atoms with E-state index in [2.05, 4.69) is 16.0 Å². The third-order valence-electron chi connectivity index (χ3n) is 13.3. The number of carbonyl (C=O) groups is 3. The van der Waals surface area contributed by atoms with Gasteiger partial charge in [0, 0.05) is 50.7 Å². The van der Waals surface area contributed by atoms with Crippen molar-refractivity contribution in [3.63, 3.8) is 0 Å². The Morgan fingerprint density at radius 3 is 1.92 bits per heavy atom. The molecular formula is C53H85N3O18. The van der Waals surface area contributed by atoms with Crippen LogP contribution < -0.4 is 16.0 Å². The molecule has 2 fully saturated rings. The number of amides is 2. The number of likely N-dealkylation sites (N-methyl/N-ethyl adjacent to an activating group) is 1. The summed E-state index contributed by atoms with van der Waals surface area (Å²) in [5.41, 5.74) is 0. The zero-order chi connectivity index (χ0) is 55.0. The fraction of sp³-hybridized carbons (Fsp3) is 0.679. The van der Waals surface area contributed by atoms with Crippen LogP contribution >= 0.6 is 0 Å². The standard InChI is InChI=1S/C53H85N3O18/c1-32-19-16-14-12-10-8-6-7-9-11-13-15-17-20-39(73-52-50(68)47(49(67)35(4)72-52)56-44(64)31-54-5)28-43-46(51(69)55-23-18-24-57)42(63)30-53(70,74-43)29-38(60)26-41(62)40(61)22-21-36(58)25-37(59)27-45(65)71-34(3)33(2)48(32)66/h6-17,19-20,32-43,46-50,52,54,57-63,66-68,70H,18,21-31H2,1-5H3,(H,55,69)(H,56,64)/b7-6+,10-8+,11-9+,14-12+,15-13+,19-16+,20-17+/t32-,33-,34-,35+,36+,37+,38-,39-,40+,41+,42-,43-,46+,47-,48+,49+,50-,52-,53+/m0/s1. The number of carbonyl (C=O) groups excluding carboxylic acids is 3. The highest BCUT2D eigenvalue weighted by atomic mass is 16.7. The van der Waals surface area contributed by atoms with E-state index < -0.39 is 153 Å². The van der Waals surface area contributed by atoms with Gasteiger partial charge in [-0.2, -0.15) is 0 Å². The van der Waals surface area contributed by atoms with Crippen LogP contribution in [0.5, 0.6) is 0 Å². The predicted octanol–water partition coefficient (Wildman–Crippen LogP) is -0.497. The Kier molecular flexibility index (Phi) is 28.8. The second-order valence-electron chi connectivity index (χ2n) is 19.6. The Balaban J connectivity index is 1.97. The van der Waals surface area contributed by atoms with E-state index in [1.165, 1.54) is 6.92 Å². The first-order valence-corrected chi connectivity index (χ1v) is 25.6. The largest absolute Gasteiger partial charge is 0.462 e. The molecule has 3 rings (SSSR count). The molecule has 21 heteroatoms. The number of aliphatic hydroxyl groups is 11. The molecule has 0 unspecified atom stereocenters. The van der Waals surface area contributed by atoms with Gasteiger partial charge in [-0.05, 0) is 46.6 Å². The van der Waals surface area contributed by atoms with Gasteiger partial charge in [0.15, 0.2) is 12.1 Å². The Bertz CT molecular complexity index is 1900. The molecule has 0 aromatic rings. The summed E-state index contributed by atoms with van der Waals surface area (Å²) >= 11 is 0. The van der Waals surface area contributed by atoms with E-state index in [0.29, 0.717) is 0 Å². The van der Waals surface area contributed by atoms with Crippen LogP contribution in [0.1, 0.15) is 85.5 Å². The minimum atomic E-state index is -2.33. The first-order chi connectivity index (χ1) is 35.1. The van der Waals surface area contributed by atoms with Gasteiger partial charge in [0.2, 0.25) is 11.8 Å². The molecule has 0 radical (unpaired) electrons. The number of cyclic esters (lactones) is 1. The van der Waals surface area contributed by atoms with Crippen molar-refractivity contribution < 1.29 is 89.5 Å². The molecule has 19 atom stereocenters. The summed E-state index contributed by atoms with van der Waals surface area (Å²) in [7, 11) is 1.55. The topological polar surface area (TPSA) is 347 Å². The van der Waals surface area contributed by atoms with Gasteiger partial charge in [-0.25, -0.2) is 0 Å². The molecular weight excluding hydrogens is 967 g/mol. The van der Waals surface area contributed by atoms with Crippen molar-refractivity contribution in [2.24, 2.45) is 17.8 Å². The number of fused-ring (bicyclic) bond motifs is 2. The number of esters is 1. The molecule has 2 amide bonds. The molecule has 0 saturated carbocycles. The lowest BCUT2D eigenvalue weighted by Crippen LogP contribution is -2.64. The first-order valence-electron chi connectivity index (χ1n) is 25.6. The highest BCUT2D eigenvalue weighted by Gasteiger charge is 2.51. The van der Waals surface area contributed by atoms with E-state index >= 15 is 0 Å². The molecule has 3 heterocycles. The summed E-state index contributed by atoms with van der Waals surface area (Å²) in [6.45, 7) is 6.41. The molecule has 3 aliphatic heterocycles. The number of aliphatic hydroxyl groups excluding tert-OH is 10. The zero-order valence-electron chi connectivity index (χ0n) is 43.2. The van der Waals surface area contributed by atoms with Crippen LogP contribution in [0, 0.1) is 17.8 Å². The predicted molar refractivity (Wildman–Crippen MR) is 272 cm³/mol. The van der Waals surface area contributed by atoms with E-state index in [4.69, 9.17) is 18.9 Å². The summed E-state index contributed by atoms with van der Waals surface area (Å²) in [6, 6.07) is -1.23. The number of nitrogens with one attached hydrogen (secondary N) is 3. The fourth-order valence-corrected chi connectivity index (χ4v) is 8.93. The Morgan fingerprint density at radius 1 is 0.703 bits per heavy atom. The van der Waals surface area contributed by atoms with Crippen molar-refractivity contribution in [1.82, 2.24) is 16.0 Å². The Hall–Kier alpha value is -4.01. The molecule has 74 heavy (non-hydrogen) atoms. The molecule has 0 aromatic carbocycles. The zero-order valence-corrected chi connectivity index (χ0v) is 43.2. The molecule has 0 aliphatic carbocycles. The van der Waals surface area contributed by atoms with Crippen LogP contribution in [-0.4, -0.2) is 198 Å². The van der Waals surface area contributed by atoms with Crippen LogP contribution in [0.4, 0.5) is 0 Å². The summed E-state index contributed by atoms with van der Waals surface area (Å²) in [5, 5.41) is 128. The third-order valence-corrected chi connectivity index (χ3v) is 13.3. The van der Waals surface area contributed by atoms with Gasteiger partial charge in [0.05, 0.1) is 86.0 Å². The third kappa shape index (κ3) is 22.3. The Labute approximate surface area is 434 Å². The van der Waals surface area contributed by atoms with Crippen molar-refractivity contribution >= 4 is 17.8 Å². The van der Waals surface area contributed by atoms with Gasteiger partial charge in [0.25, 0.3) is 0 Å². The van der Waals surface area contributed by atoms with Crippen molar-refractivity contribution in [1.29, 1.82) is 0 Å². The molecule has 0 aromatic heterocycles. The van der Waals surface area contributed by atoms with Crippen molar-refractivity contribution in [2.75, 3.05) is 26.7 Å². The van der Waals surface area contributed by atoms with Gasteiger partial charge in [-0.15, -0.1) is 0 Å². The summed E-state index contributed by atoms with van der Waals surface area (Å²) in [5.74, 6) is -6.39. The minimum absolute atomic E-state index is 0.0343. The highest BCUT2D eigenvalue weighted by molar-refractivity contribution is 5.80. The van der Waals surface area contributed by atoms with Crippen molar-refractivity contribution in [2.45, 2.75) is 183 Å². The van der Waals surface area contributed by atoms with Gasteiger partial charge >= 0.3 is 5.97 Å². The molecule has 420 valence electrons. The van der Waals surface area contributed by atoms with Gasteiger partial charge in [0.1, 0.15) is 18.3 Å². The monoisotopic (exact) mass is 1050 g/mol. The molecule has 14 N–H and O–H groups in total. The van der Waals surface area contributed by atoms with Crippen LogP contribution in [0.2, 0.25) is 0 Å². The lowest BCUT2D eigenvalue weighted by Gasteiger charge is -2.46. The SMILES string of the molecule is CNCC(=O)N[C@@H]1[C@H](O)[C@H](O[C@H]2/C=C/C=C/C=C/C=C/C=C/C=C/C=C/[C@H](C)[C@@H](O)[C@@H](C)[C@H](C)OC(=O)C[C@H](O)C[C@H](O)CC[C@@H](O)[C@H](O)C[C@H](O)C[C@]3(O)C[C@H](O)[C@@H](C(=O)NCCCO)[C@H](C2)O3)O[C@H](C)[C@H]1O. The summed E-state index contributed by atoms with van der Waals surface area (Å²) < 4.78 is 23.9. The maximum absolute atomic E-state index is 13.7. The number of hydrogen-bond donors (Lipinski definition) is 14. The fourth-order valence-electron chi connectivity index (χ4n) is 8.93. The first kappa shape index (κ1) is 64.3. The summed E-state index contributed by atoms with van der Waals surface area (Å²) in [6.07, 6.45) is 3.38. The quantitative estimate of drug-likeness (QED) is 0.102. The highest BCUT2D eigenvalue weighted by Crippen LogP contribution is 2.38. The molecule has 2 saturated heterocycles. The Morgan fingerprint density at radius 2 is 1.31 bits per heavy atom. The number of allylic oxidation sites excluding steroid dienone is 12. The number of ether oxygens (including phenoxy) is 4. The number of hydrogen-bond acceptors (Lipinski definition) is 19. The van der Waals surface area contributed by atoms with Gasteiger partial charge < -0.3 is 91.1 Å². The minimum Gasteiger partial charge on any atom is -0.462 e.